The Hall–Kier alpha value is -1.13. The second-order valence-corrected chi connectivity index (χ2v) is 5.84. The molecule has 1 fully saturated rings. The number of hydrogen-bond donors (Lipinski definition) is 1. The maximum Gasteiger partial charge on any atom is 0.179 e. The van der Waals surface area contributed by atoms with Crippen LogP contribution in [0.2, 0.25) is 5.02 Å². The van der Waals surface area contributed by atoms with Crippen molar-refractivity contribution in [3.05, 3.63) is 17.2 Å². The van der Waals surface area contributed by atoms with E-state index >= 15 is 0 Å². The van der Waals surface area contributed by atoms with E-state index in [1.807, 2.05) is 0 Å². The largest absolute Gasteiger partial charge is 0.493 e. The van der Waals surface area contributed by atoms with Gasteiger partial charge in [0.1, 0.15) is 6.61 Å². The Morgan fingerprint density at radius 2 is 2.25 bits per heavy atom. The maximum absolute atomic E-state index is 6.16. The van der Waals surface area contributed by atoms with Crippen molar-refractivity contribution in [3.63, 3.8) is 0 Å². The number of benzene rings is 1. The molecule has 2 rings (SSSR count). The molecule has 4 nitrogen and oxygen atoms in total. The molecule has 1 saturated heterocycles. The van der Waals surface area contributed by atoms with Crippen LogP contribution in [0.3, 0.4) is 0 Å². The molecule has 1 atom stereocenters. The number of halogens is 1. The zero-order valence-corrected chi connectivity index (χ0v) is 12.9. The lowest BCUT2D eigenvalue weighted by Gasteiger charge is -2.30. The minimum atomic E-state index is 0.494. The fraction of sp³-hybridized carbons (Fsp3) is 0.600. The van der Waals surface area contributed by atoms with E-state index in [9.17, 15) is 0 Å². The normalized spacial score (nSPS) is 19.9. The number of nitrogen functional groups attached to an aromatic ring is 1. The molecule has 20 heavy (non-hydrogen) atoms. The van der Waals surface area contributed by atoms with Crippen molar-refractivity contribution >= 4 is 17.3 Å². The van der Waals surface area contributed by atoms with E-state index in [4.69, 9.17) is 26.8 Å². The minimum absolute atomic E-state index is 0.494. The Morgan fingerprint density at radius 1 is 1.45 bits per heavy atom. The molecule has 1 aromatic rings. The second-order valence-electron chi connectivity index (χ2n) is 5.43. The number of ether oxygens (including phenoxy) is 2. The SMILES string of the molecule is COc1cc(N)cc(Cl)c1OCCN1CCC[C@H](C)C1. The smallest absolute Gasteiger partial charge is 0.179 e. The van der Waals surface area contributed by atoms with Gasteiger partial charge in [-0.25, -0.2) is 0 Å². The summed E-state index contributed by atoms with van der Waals surface area (Å²) in [6.07, 6.45) is 2.60. The number of anilines is 1. The van der Waals surface area contributed by atoms with Gasteiger partial charge in [0.25, 0.3) is 0 Å². The lowest BCUT2D eigenvalue weighted by molar-refractivity contribution is 0.152. The van der Waals surface area contributed by atoms with Crippen molar-refractivity contribution in [2.24, 2.45) is 5.92 Å². The molecule has 0 amide bonds. The molecule has 0 saturated carbocycles. The highest BCUT2D eigenvalue weighted by Crippen LogP contribution is 2.37. The molecule has 112 valence electrons. The standard InChI is InChI=1S/C15H23ClN2O2/c1-11-4-3-5-18(10-11)6-7-20-15-13(16)8-12(17)9-14(15)19-2/h8-9,11H,3-7,10,17H2,1-2H3/t11-/m0/s1. The molecular formula is C15H23ClN2O2. The minimum Gasteiger partial charge on any atom is -0.493 e. The summed E-state index contributed by atoms with van der Waals surface area (Å²) >= 11 is 6.16. The lowest BCUT2D eigenvalue weighted by atomic mass is 10.0. The van der Waals surface area contributed by atoms with E-state index < -0.39 is 0 Å². The van der Waals surface area contributed by atoms with E-state index in [1.165, 1.54) is 12.8 Å². The van der Waals surface area contributed by atoms with Crippen LogP contribution >= 0.6 is 11.6 Å². The van der Waals surface area contributed by atoms with Crippen molar-refractivity contribution in [3.8, 4) is 11.5 Å². The molecule has 1 aliphatic rings. The Morgan fingerprint density at radius 3 is 2.95 bits per heavy atom. The second kappa shape index (κ2) is 7.04. The first-order valence-corrected chi connectivity index (χ1v) is 7.46. The Balaban J connectivity index is 1.90. The summed E-state index contributed by atoms with van der Waals surface area (Å²) in [5, 5.41) is 0.494. The van der Waals surface area contributed by atoms with Gasteiger partial charge in [-0.2, -0.15) is 0 Å². The summed E-state index contributed by atoms with van der Waals surface area (Å²) in [4.78, 5) is 2.44. The van der Waals surface area contributed by atoms with Gasteiger partial charge in [-0.3, -0.25) is 4.90 Å². The number of piperidine rings is 1. The van der Waals surface area contributed by atoms with Gasteiger partial charge in [-0.15, -0.1) is 0 Å². The van der Waals surface area contributed by atoms with Crippen molar-refractivity contribution in [1.82, 2.24) is 4.90 Å². The summed E-state index contributed by atoms with van der Waals surface area (Å²) < 4.78 is 11.1. The van der Waals surface area contributed by atoms with Gasteiger partial charge < -0.3 is 15.2 Å². The fourth-order valence-corrected chi connectivity index (χ4v) is 2.92. The van der Waals surface area contributed by atoms with Crippen molar-refractivity contribution in [2.75, 3.05) is 39.1 Å². The van der Waals surface area contributed by atoms with E-state index in [0.717, 1.165) is 25.6 Å². The number of likely N-dealkylation sites (tertiary alicyclic amines) is 1. The first-order valence-electron chi connectivity index (χ1n) is 7.08. The maximum atomic E-state index is 6.16. The monoisotopic (exact) mass is 298 g/mol. The van der Waals surface area contributed by atoms with Crippen molar-refractivity contribution in [2.45, 2.75) is 19.8 Å². The molecule has 0 spiro atoms. The Bertz CT molecular complexity index is 454. The van der Waals surface area contributed by atoms with Gasteiger partial charge in [0.2, 0.25) is 0 Å². The zero-order chi connectivity index (χ0) is 14.5. The Labute approximate surface area is 125 Å². The van der Waals surface area contributed by atoms with Crippen LogP contribution in [0.25, 0.3) is 0 Å². The van der Waals surface area contributed by atoms with Crippen LogP contribution in [0.4, 0.5) is 5.69 Å². The molecule has 1 aromatic carbocycles. The van der Waals surface area contributed by atoms with Gasteiger partial charge >= 0.3 is 0 Å². The van der Waals surface area contributed by atoms with Crippen LogP contribution in [0.5, 0.6) is 11.5 Å². The highest BCUT2D eigenvalue weighted by atomic mass is 35.5. The third kappa shape index (κ3) is 3.93. The van der Waals surface area contributed by atoms with Crippen LogP contribution in [-0.4, -0.2) is 38.3 Å². The van der Waals surface area contributed by atoms with Gasteiger partial charge in [0.15, 0.2) is 11.5 Å². The van der Waals surface area contributed by atoms with Gasteiger partial charge in [-0.05, 0) is 31.4 Å². The lowest BCUT2D eigenvalue weighted by Crippen LogP contribution is -2.37. The van der Waals surface area contributed by atoms with E-state index in [0.29, 0.717) is 28.8 Å². The number of hydrogen-bond acceptors (Lipinski definition) is 4. The molecule has 0 bridgehead atoms. The molecule has 5 heteroatoms. The molecule has 0 aromatic heterocycles. The van der Waals surface area contributed by atoms with Crippen molar-refractivity contribution in [1.29, 1.82) is 0 Å². The zero-order valence-electron chi connectivity index (χ0n) is 12.2. The van der Waals surface area contributed by atoms with E-state index in [1.54, 1.807) is 19.2 Å². The quantitative estimate of drug-likeness (QED) is 0.849. The molecular weight excluding hydrogens is 276 g/mol. The Kier molecular flexibility index (Phi) is 5.38. The summed E-state index contributed by atoms with van der Waals surface area (Å²) in [7, 11) is 1.59. The molecule has 1 aliphatic heterocycles. The van der Waals surface area contributed by atoms with Crippen LogP contribution in [0.1, 0.15) is 19.8 Å². The van der Waals surface area contributed by atoms with Gasteiger partial charge in [0.05, 0.1) is 12.1 Å². The fourth-order valence-electron chi connectivity index (χ4n) is 2.65. The highest BCUT2D eigenvalue weighted by Gasteiger charge is 2.17. The third-order valence-corrected chi connectivity index (χ3v) is 3.93. The molecule has 0 unspecified atom stereocenters. The summed E-state index contributed by atoms with van der Waals surface area (Å²) in [5.41, 5.74) is 6.31. The number of nitrogens with zero attached hydrogens (tertiary/aromatic N) is 1. The molecule has 2 N–H and O–H groups in total. The average molecular weight is 299 g/mol. The number of rotatable bonds is 5. The topological polar surface area (TPSA) is 47.7 Å². The summed E-state index contributed by atoms with van der Waals surface area (Å²) in [6, 6.07) is 3.41. The third-order valence-electron chi connectivity index (χ3n) is 3.65. The van der Waals surface area contributed by atoms with Gasteiger partial charge in [-0.1, -0.05) is 18.5 Å². The first-order chi connectivity index (χ1) is 9.60. The highest BCUT2D eigenvalue weighted by molar-refractivity contribution is 6.32. The molecule has 1 heterocycles. The van der Waals surface area contributed by atoms with Crippen LogP contribution < -0.4 is 15.2 Å². The summed E-state index contributed by atoms with van der Waals surface area (Å²) in [6.45, 7) is 6.12. The number of methoxy groups -OCH3 is 1. The predicted molar refractivity (Wildman–Crippen MR) is 82.7 cm³/mol. The first kappa shape index (κ1) is 15.3. The van der Waals surface area contributed by atoms with Crippen LogP contribution in [0.15, 0.2) is 12.1 Å². The average Bonchev–Trinajstić information content (AvgIpc) is 2.40. The van der Waals surface area contributed by atoms with E-state index in [-0.39, 0.29) is 0 Å². The number of nitrogens with two attached hydrogens (primary N) is 1. The molecule has 0 aliphatic carbocycles. The molecule has 0 radical (unpaired) electrons. The van der Waals surface area contributed by atoms with Gasteiger partial charge in [0, 0.05) is 24.8 Å². The van der Waals surface area contributed by atoms with Crippen molar-refractivity contribution < 1.29 is 9.47 Å². The predicted octanol–water partition coefficient (Wildman–Crippen LogP) is 3.04. The summed E-state index contributed by atoms with van der Waals surface area (Å²) in [5.74, 6) is 1.94. The van der Waals surface area contributed by atoms with Crippen LogP contribution in [0, 0.1) is 5.92 Å². The van der Waals surface area contributed by atoms with E-state index in [2.05, 4.69) is 11.8 Å². The van der Waals surface area contributed by atoms with Crippen LogP contribution in [-0.2, 0) is 0 Å².